The molecule has 0 spiro atoms. The van der Waals surface area contributed by atoms with Gasteiger partial charge in [-0.25, -0.2) is 13.4 Å². The van der Waals surface area contributed by atoms with E-state index in [1.165, 1.54) is 6.07 Å². The summed E-state index contributed by atoms with van der Waals surface area (Å²) in [7, 11) is -17.8. The highest BCUT2D eigenvalue weighted by atomic mass is 31.3. The number of aliphatic hydroxyl groups excluding tert-OH is 2. The van der Waals surface area contributed by atoms with Gasteiger partial charge in [-0.2, -0.15) is 4.98 Å². The predicted molar refractivity (Wildman–Crippen MR) is 82.0 cm³/mol. The molecular weight excluding hydrogens is 467 g/mol. The van der Waals surface area contributed by atoms with E-state index in [0.717, 1.165) is 10.8 Å². The number of aromatic nitrogens is 2. The molecule has 20 heteroatoms. The number of ether oxygens (including phenoxy) is 1. The van der Waals surface area contributed by atoms with Crippen molar-refractivity contribution in [1.82, 2.24) is 9.55 Å². The number of anilines is 1. The number of nitrogens with zero attached hydrogens (tertiary/aromatic N) is 2. The van der Waals surface area contributed by atoms with Crippen molar-refractivity contribution in [3.8, 4) is 0 Å². The number of hydrogen-bond acceptors (Lipinski definition) is 15. The summed E-state index contributed by atoms with van der Waals surface area (Å²) >= 11 is 0. The Kier molecular flexibility index (Phi) is 7.20. The van der Waals surface area contributed by atoms with Crippen LogP contribution in [0.1, 0.15) is 6.23 Å². The van der Waals surface area contributed by atoms with Crippen LogP contribution in [0.4, 0.5) is 5.82 Å². The molecule has 0 aliphatic carbocycles. The van der Waals surface area contributed by atoms with E-state index in [0.29, 0.717) is 0 Å². The highest BCUT2D eigenvalue weighted by Gasteiger charge is 2.44. The Labute approximate surface area is 160 Å². The first kappa shape index (κ1) is 24.2. The highest BCUT2D eigenvalue weighted by Crippen LogP contribution is 2.61. The van der Waals surface area contributed by atoms with E-state index in [-0.39, 0.29) is 5.82 Å². The first-order chi connectivity index (χ1) is 13.1. The lowest BCUT2D eigenvalue weighted by Crippen LogP contribution is -2.36. The van der Waals surface area contributed by atoms with Crippen molar-refractivity contribution in [2.75, 3.05) is 12.3 Å². The SMILES string of the molecule is Nc1ccn([C@@H]2O[C@H](COP(=O)([O-])OP(=O)([O-])OP(=O)([O-])O)[C@@H](O)[C@@H]2O)c(=O)n1. The molecule has 5 N–H and O–H groups in total. The monoisotopic (exact) mass is 480 g/mol. The van der Waals surface area contributed by atoms with Crippen LogP contribution in [0.5, 0.6) is 0 Å². The molecule has 7 atom stereocenters. The van der Waals surface area contributed by atoms with Crippen LogP contribution in [-0.4, -0.2) is 49.6 Å². The van der Waals surface area contributed by atoms with Gasteiger partial charge in [-0.05, 0) is 6.07 Å². The Morgan fingerprint density at radius 1 is 1.17 bits per heavy atom. The minimum atomic E-state index is -6.09. The van der Waals surface area contributed by atoms with Crippen molar-refractivity contribution >= 4 is 29.3 Å². The van der Waals surface area contributed by atoms with Crippen LogP contribution in [0.2, 0.25) is 0 Å². The number of hydrogen-bond donors (Lipinski definition) is 4. The van der Waals surface area contributed by atoms with Crippen LogP contribution < -0.4 is 26.1 Å². The number of phosphoric ester groups is 1. The van der Waals surface area contributed by atoms with E-state index >= 15 is 0 Å². The molecular formula is C9H13N3O14P3-3. The molecule has 17 nitrogen and oxygen atoms in total. The third-order valence-electron chi connectivity index (χ3n) is 3.26. The van der Waals surface area contributed by atoms with Gasteiger partial charge in [0.2, 0.25) is 0 Å². The van der Waals surface area contributed by atoms with Crippen molar-refractivity contribution in [2.45, 2.75) is 24.5 Å². The van der Waals surface area contributed by atoms with Gasteiger partial charge in [0.15, 0.2) is 6.23 Å². The Hall–Kier alpha value is -1.03. The zero-order valence-corrected chi connectivity index (χ0v) is 16.5. The van der Waals surface area contributed by atoms with Crippen molar-refractivity contribution in [2.24, 2.45) is 0 Å². The fourth-order valence-corrected chi connectivity index (χ4v) is 5.06. The summed E-state index contributed by atoms with van der Waals surface area (Å²) < 4.78 is 49.5. The maximum Gasteiger partial charge on any atom is 0.351 e. The molecule has 3 unspecified atom stereocenters. The van der Waals surface area contributed by atoms with Crippen molar-refractivity contribution in [3.05, 3.63) is 22.7 Å². The molecule has 2 heterocycles. The van der Waals surface area contributed by atoms with Crippen molar-refractivity contribution in [3.63, 3.8) is 0 Å². The molecule has 0 radical (unpaired) electrons. The Bertz CT molecular complexity index is 946. The standard InChI is InChI=1S/C9H16N3O14P3/c10-5-1-2-12(9(15)11-5)8-7(14)6(13)4(24-8)3-23-28(19,20)26-29(21,22)25-27(16,17)18/h1-2,4,6-8,13-14H,3H2,(H,19,20)(H,21,22)(H2,10,11,15)(H2,16,17,18)/p-3/t4-,6-,7+,8-/m1/s1. The molecule has 0 aromatic carbocycles. The topological polar surface area (TPSA) is 279 Å². The van der Waals surface area contributed by atoms with E-state index in [1.807, 2.05) is 0 Å². The average molecular weight is 480 g/mol. The first-order valence-corrected chi connectivity index (χ1v) is 11.6. The van der Waals surface area contributed by atoms with Gasteiger partial charge >= 0.3 is 5.69 Å². The smallest absolute Gasteiger partial charge is 0.351 e. The quantitative estimate of drug-likeness (QED) is 0.257. The molecule has 1 aromatic rings. The number of rotatable bonds is 8. The molecule has 1 saturated heterocycles. The normalized spacial score (nSPS) is 31.0. The molecule has 1 aliphatic rings. The van der Waals surface area contributed by atoms with E-state index in [4.69, 9.17) is 15.4 Å². The van der Waals surface area contributed by atoms with E-state index < -0.39 is 60.3 Å². The third kappa shape index (κ3) is 6.73. The predicted octanol–water partition coefficient (Wildman–Crippen LogP) is -4.11. The molecule has 29 heavy (non-hydrogen) atoms. The van der Waals surface area contributed by atoms with Crippen LogP contribution in [-0.2, 0) is 31.6 Å². The summed E-state index contributed by atoms with van der Waals surface area (Å²) in [5, 5.41) is 19.9. The van der Waals surface area contributed by atoms with Gasteiger partial charge in [0, 0.05) is 6.20 Å². The van der Waals surface area contributed by atoms with Crippen molar-refractivity contribution < 1.29 is 61.4 Å². The lowest BCUT2D eigenvalue weighted by molar-refractivity contribution is -0.250. The Morgan fingerprint density at radius 2 is 1.79 bits per heavy atom. The molecule has 1 aromatic heterocycles. The van der Waals surface area contributed by atoms with Gasteiger partial charge in [0.25, 0.3) is 23.5 Å². The molecule has 0 bridgehead atoms. The Balaban J connectivity index is 2.05. The number of aliphatic hydroxyl groups is 2. The van der Waals surface area contributed by atoms with Crippen LogP contribution in [0.3, 0.4) is 0 Å². The van der Waals surface area contributed by atoms with Gasteiger partial charge in [0.1, 0.15) is 24.1 Å². The van der Waals surface area contributed by atoms with Crippen LogP contribution in [0.15, 0.2) is 17.1 Å². The summed E-state index contributed by atoms with van der Waals surface area (Å²) in [6.45, 7) is -1.12. The summed E-state index contributed by atoms with van der Waals surface area (Å²) in [4.78, 5) is 56.4. The second-order valence-corrected chi connectivity index (χ2v) is 9.70. The summed E-state index contributed by atoms with van der Waals surface area (Å²) in [5.74, 6) is -0.140. The van der Waals surface area contributed by atoms with Crippen molar-refractivity contribution in [1.29, 1.82) is 0 Å². The summed E-state index contributed by atoms with van der Waals surface area (Å²) in [6.07, 6.45) is -5.62. The Morgan fingerprint density at radius 3 is 2.34 bits per heavy atom. The summed E-state index contributed by atoms with van der Waals surface area (Å²) in [6, 6.07) is 1.18. The maximum absolute atomic E-state index is 11.8. The van der Waals surface area contributed by atoms with E-state index in [1.54, 1.807) is 0 Å². The minimum Gasteiger partial charge on any atom is -0.756 e. The molecule has 1 aliphatic heterocycles. The van der Waals surface area contributed by atoms with E-state index in [2.05, 4.69) is 18.1 Å². The lowest BCUT2D eigenvalue weighted by atomic mass is 10.1. The van der Waals surface area contributed by atoms with Gasteiger partial charge < -0.3 is 44.8 Å². The van der Waals surface area contributed by atoms with Gasteiger partial charge in [-0.15, -0.1) is 0 Å². The molecule has 0 amide bonds. The maximum atomic E-state index is 11.8. The van der Waals surface area contributed by atoms with Gasteiger partial charge in [-0.3, -0.25) is 18.3 Å². The molecule has 0 saturated carbocycles. The molecule has 1 fully saturated rings. The van der Waals surface area contributed by atoms with Gasteiger partial charge in [-0.1, -0.05) is 0 Å². The number of nitrogen functional groups attached to an aromatic ring is 1. The molecule has 166 valence electrons. The zero-order chi connectivity index (χ0) is 22.2. The minimum absolute atomic E-state index is 0.140. The third-order valence-corrected chi connectivity index (χ3v) is 6.95. The number of nitrogens with two attached hydrogens (primary N) is 1. The fourth-order valence-electron chi connectivity index (χ4n) is 2.17. The largest absolute Gasteiger partial charge is 0.756 e. The molecule has 2 rings (SSSR count). The van der Waals surface area contributed by atoms with Crippen LogP contribution >= 0.6 is 23.5 Å². The lowest BCUT2D eigenvalue weighted by Gasteiger charge is -2.33. The second kappa shape index (κ2) is 8.61. The summed E-state index contributed by atoms with van der Waals surface area (Å²) in [5.41, 5.74) is 4.35. The van der Waals surface area contributed by atoms with E-state index in [9.17, 15) is 43.4 Å². The van der Waals surface area contributed by atoms with Gasteiger partial charge in [0.05, 0.1) is 6.61 Å². The first-order valence-electron chi connectivity index (χ1n) is 7.20. The second-order valence-electron chi connectivity index (χ2n) is 5.41. The number of phosphoric acid groups is 3. The highest BCUT2D eigenvalue weighted by molar-refractivity contribution is 7.65. The average Bonchev–Trinajstić information content (AvgIpc) is 2.78. The van der Waals surface area contributed by atoms with Crippen LogP contribution in [0.25, 0.3) is 0 Å². The van der Waals surface area contributed by atoms with Crippen LogP contribution in [0, 0.1) is 0 Å². The fraction of sp³-hybridized carbons (Fsp3) is 0.556. The zero-order valence-electron chi connectivity index (χ0n) is 13.8.